The number of hydrogen-bond donors (Lipinski definition) is 2. The maximum absolute atomic E-state index is 11.4. The molecule has 1 aromatic carbocycles. The number of nitrogens with zero attached hydrogens (tertiary/aromatic N) is 1. The molecule has 4 heteroatoms. The highest BCUT2D eigenvalue weighted by molar-refractivity contribution is 5.61. The molecule has 1 heterocycles. The van der Waals surface area contributed by atoms with Crippen molar-refractivity contribution >= 4 is 0 Å². The highest BCUT2D eigenvalue weighted by Crippen LogP contribution is 2.20. The van der Waals surface area contributed by atoms with E-state index in [1.807, 2.05) is 0 Å². The predicted octanol–water partition coefficient (Wildman–Crippen LogP) is 1.62. The van der Waals surface area contributed by atoms with Crippen LogP contribution >= 0.6 is 0 Å². The minimum Gasteiger partial charge on any atom is -0.508 e. The first kappa shape index (κ1) is 9.99. The standard InChI is InChI=1S/C12H8N2O2/c13-7-9-4-5-11(14-12(9)16)8-2-1-3-10(15)6-8/h1-6,15H,(H,14,16). The Balaban J connectivity index is 2.55. The number of aromatic hydroxyl groups is 1. The van der Waals surface area contributed by atoms with E-state index in [-0.39, 0.29) is 11.3 Å². The molecule has 0 atom stereocenters. The van der Waals surface area contributed by atoms with E-state index in [4.69, 9.17) is 5.26 Å². The van der Waals surface area contributed by atoms with Crippen molar-refractivity contribution in [2.45, 2.75) is 0 Å². The number of hydrogen-bond acceptors (Lipinski definition) is 3. The van der Waals surface area contributed by atoms with Gasteiger partial charge in [-0.3, -0.25) is 4.79 Å². The molecule has 2 N–H and O–H groups in total. The number of nitriles is 1. The summed E-state index contributed by atoms with van der Waals surface area (Å²) in [6, 6.07) is 11.4. The number of phenolic OH excluding ortho intramolecular Hbond substituents is 1. The van der Waals surface area contributed by atoms with Crippen LogP contribution in [-0.2, 0) is 0 Å². The van der Waals surface area contributed by atoms with Crippen molar-refractivity contribution in [3.05, 3.63) is 52.3 Å². The van der Waals surface area contributed by atoms with Crippen LogP contribution in [0, 0.1) is 11.3 Å². The van der Waals surface area contributed by atoms with E-state index in [0.29, 0.717) is 11.3 Å². The molecule has 0 fully saturated rings. The fourth-order valence-corrected chi connectivity index (χ4v) is 1.40. The minimum atomic E-state index is -0.427. The number of rotatable bonds is 1. The summed E-state index contributed by atoms with van der Waals surface area (Å²) in [5.41, 5.74) is 0.911. The zero-order valence-corrected chi connectivity index (χ0v) is 8.27. The Bertz CT molecular complexity index is 623. The van der Waals surface area contributed by atoms with Gasteiger partial charge in [-0.25, -0.2) is 0 Å². The van der Waals surface area contributed by atoms with E-state index in [1.165, 1.54) is 12.1 Å². The van der Waals surface area contributed by atoms with Gasteiger partial charge in [0.15, 0.2) is 0 Å². The second-order valence-electron chi connectivity index (χ2n) is 3.28. The minimum absolute atomic E-state index is 0.0731. The number of phenols is 1. The zero-order chi connectivity index (χ0) is 11.5. The molecule has 0 saturated heterocycles. The quantitative estimate of drug-likeness (QED) is 0.754. The Morgan fingerprint density at radius 1 is 1.25 bits per heavy atom. The zero-order valence-electron chi connectivity index (χ0n) is 8.27. The normalized spacial score (nSPS) is 9.69. The monoisotopic (exact) mass is 212 g/mol. The van der Waals surface area contributed by atoms with E-state index < -0.39 is 5.56 Å². The van der Waals surface area contributed by atoms with Crippen LogP contribution < -0.4 is 5.56 Å². The number of aromatic nitrogens is 1. The van der Waals surface area contributed by atoms with Gasteiger partial charge in [0.25, 0.3) is 5.56 Å². The number of nitrogens with one attached hydrogen (secondary N) is 1. The molecule has 0 bridgehead atoms. The first-order valence-electron chi connectivity index (χ1n) is 4.63. The topological polar surface area (TPSA) is 76.9 Å². The maximum Gasteiger partial charge on any atom is 0.266 e. The average Bonchev–Trinajstić information content (AvgIpc) is 2.29. The van der Waals surface area contributed by atoms with Gasteiger partial charge in [0.1, 0.15) is 17.4 Å². The number of pyridine rings is 1. The predicted molar refractivity (Wildman–Crippen MR) is 58.9 cm³/mol. The van der Waals surface area contributed by atoms with Gasteiger partial charge in [0, 0.05) is 11.3 Å². The van der Waals surface area contributed by atoms with Gasteiger partial charge in [0.2, 0.25) is 0 Å². The number of aromatic amines is 1. The molecule has 0 aliphatic rings. The molecule has 16 heavy (non-hydrogen) atoms. The number of H-pyrrole nitrogens is 1. The first-order valence-corrected chi connectivity index (χ1v) is 4.63. The molecule has 0 unspecified atom stereocenters. The van der Waals surface area contributed by atoms with Gasteiger partial charge >= 0.3 is 0 Å². The smallest absolute Gasteiger partial charge is 0.266 e. The molecule has 78 valence electrons. The molecule has 2 rings (SSSR count). The van der Waals surface area contributed by atoms with Crippen LogP contribution in [0.5, 0.6) is 5.75 Å². The van der Waals surface area contributed by atoms with Gasteiger partial charge in [0.05, 0.1) is 0 Å². The molecule has 0 aliphatic heterocycles. The lowest BCUT2D eigenvalue weighted by atomic mass is 10.1. The molecule has 0 spiro atoms. The summed E-state index contributed by atoms with van der Waals surface area (Å²) < 4.78 is 0. The lowest BCUT2D eigenvalue weighted by Gasteiger charge is -2.01. The summed E-state index contributed by atoms with van der Waals surface area (Å²) in [5.74, 6) is 0.128. The van der Waals surface area contributed by atoms with Crippen LogP contribution in [0.25, 0.3) is 11.3 Å². The Labute approximate surface area is 91.4 Å². The average molecular weight is 212 g/mol. The summed E-state index contributed by atoms with van der Waals surface area (Å²) in [6.45, 7) is 0. The van der Waals surface area contributed by atoms with Crippen molar-refractivity contribution in [2.75, 3.05) is 0 Å². The summed E-state index contributed by atoms with van der Waals surface area (Å²) in [5, 5.41) is 17.9. The Morgan fingerprint density at radius 2 is 2.06 bits per heavy atom. The van der Waals surface area contributed by atoms with Gasteiger partial charge in [-0.1, -0.05) is 12.1 Å². The largest absolute Gasteiger partial charge is 0.508 e. The van der Waals surface area contributed by atoms with Crippen molar-refractivity contribution in [3.8, 4) is 23.1 Å². The van der Waals surface area contributed by atoms with Crippen molar-refractivity contribution in [2.24, 2.45) is 0 Å². The molecular weight excluding hydrogens is 204 g/mol. The van der Waals surface area contributed by atoms with Crippen molar-refractivity contribution < 1.29 is 5.11 Å². The van der Waals surface area contributed by atoms with Crippen LogP contribution in [0.3, 0.4) is 0 Å². The molecule has 1 aromatic heterocycles. The Morgan fingerprint density at radius 3 is 2.69 bits per heavy atom. The van der Waals surface area contributed by atoms with Crippen LogP contribution in [0.1, 0.15) is 5.56 Å². The first-order chi connectivity index (χ1) is 7.70. The summed E-state index contributed by atoms with van der Waals surface area (Å²) in [6.07, 6.45) is 0. The second-order valence-corrected chi connectivity index (χ2v) is 3.28. The van der Waals surface area contributed by atoms with Crippen molar-refractivity contribution in [3.63, 3.8) is 0 Å². The van der Waals surface area contributed by atoms with Crippen molar-refractivity contribution in [1.29, 1.82) is 5.26 Å². The Kier molecular flexibility index (Phi) is 2.44. The second kappa shape index (κ2) is 3.91. The van der Waals surface area contributed by atoms with E-state index >= 15 is 0 Å². The van der Waals surface area contributed by atoms with Crippen molar-refractivity contribution in [1.82, 2.24) is 4.98 Å². The lowest BCUT2D eigenvalue weighted by molar-refractivity contribution is 0.475. The third-order valence-electron chi connectivity index (χ3n) is 2.19. The van der Waals surface area contributed by atoms with E-state index in [9.17, 15) is 9.90 Å². The highest BCUT2D eigenvalue weighted by Gasteiger charge is 2.02. The van der Waals surface area contributed by atoms with Gasteiger partial charge in [-0.2, -0.15) is 5.26 Å². The van der Waals surface area contributed by atoms with Gasteiger partial charge < -0.3 is 10.1 Å². The fourth-order valence-electron chi connectivity index (χ4n) is 1.40. The van der Waals surface area contributed by atoms with Gasteiger partial charge in [-0.05, 0) is 24.3 Å². The van der Waals surface area contributed by atoms with Crippen LogP contribution in [0.4, 0.5) is 0 Å². The van der Waals surface area contributed by atoms with E-state index in [2.05, 4.69) is 4.98 Å². The molecule has 0 aliphatic carbocycles. The molecule has 0 saturated carbocycles. The fraction of sp³-hybridized carbons (Fsp3) is 0. The molecule has 0 radical (unpaired) electrons. The summed E-state index contributed by atoms with van der Waals surface area (Å²) in [7, 11) is 0. The maximum atomic E-state index is 11.4. The third kappa shape index (κ3) is 1.79. The van der Waals surface area contributed by atoms with Crippen LogP contribution in [0.15, 0.2) is 41.2 Å². The van der Waals surface area contributed by atoms with E-state index in [0.717, 1.165) is 0 Å². The number of benzene rings is 1. The molecule has 0 amide bonds. The van der Waals surface area contributed by atoms with Gasteiger partial charge in [-0.15, -0.1) is 0 Å². The summed E-state index contributed by atoms with van der Waals surface area (Å²) >= 11 is 0. The lowest BCUT2D eigenvalue weighted by Crippen LogP contribution is -2.09. The van der Waals surface area contributed by atoms with Crippen LogP contribution in [-0.4, -0.2) is 10.1 Å². The van der Waals surface area contributed by atoms with E-state index in [1.54, 1.807) is 30.3 Å². The Hall–Kier alpha value is -2.54. The molecule has 2 aromatic rings. The SMILES string of the molecule is N#Cc1ccc(-c2cccc(O)c2)[nH]c1=O. The van der Waals surface area contributed by atoms with Crippen LogP contribution in [0.2, 0.25) is 0 Å². The molecular formula is C12H8N2O2. The molecule has 4 nitrogen and oxygen atoms in total. The third-order valence-corrected chi connectivity index (χ3v) is 2.19. The highest BCUT2D eigenvalue weighted by atomic mass is 16.3. The summed E-state index contributed by atoms with van der Waals surface area (Å²) in [4.78, 5) is 14.0.